The number of rotatable bonds is 9. The summed E-state index contributed by atoms with van der Waals surface area (Å²) in [6, 6.07) is 8.10. The zero-order valence-electron chi connectivity index (χ0n) is 16.0. The number of benzene rings is 1. The Kier molecular flexibility index (Phi) is 8.39. The van der Waals surface area contributed by atoms with Crippen LogP contribution in [0.5, 0.6) is 0 Å². The Labute approximate surface area is 151 Å². The molecule has 1 aromatic rings. The first kappa shape index (κ1) is 20.9. The lowest BCUT2D eigenvalue weighted by molar-refractivity contribution is -0.157. The van der Waals surface area contributed by atoms with Crippen molar-refractivity contribution in [2.24, 2.45) is 11.3 Å². The molecule has 0 saturated heterocycles. The summed E-state index contributed by atoms with van der Waals surface area (Å²) in [4.78, 5) is 23.4. The van der Waals surface area contributed by atoms with Crippen molar-refractivity contribution in [1.82, 2.24) is 0 Å². The van der Waals surface area contributed by atoms with E-state index in [0.29, 0.717) is 12.3 Å². The van der Waals surface area contributed by atoms with E-state index in [-0.39, 0.29) is 19.2 Å². The Bertz CT molecular complexity index is 582. The average Bonchev–Trinajstić information content (AvgIpc) is 2.57. The van der Waals surface area contributed by atoms with Crippen LogP contribution in [-0.2, 0) is 25.5 Å². The lowest BCUT2D eigenvalue weighted by Crippen LogP contribution is -2.27. The van der Waals surface area contributed by atoms with Crippen LogP contribution in [0.15, 0.2) is 30.3 Å². The first-order valence-corrected chi connectivity index (χ1v) is 8.85. The third kappa shape index (κ3) is 8.01. The van der Waals surface area contributed by atoms with Crippen molar-refractivity contribution in [1.29, 1.82) is 0 Å². The molecule has 0 amide bonds. The number of hydrogen-bond donors (Lipinski definition) is 0. The second kappa shape index (κ2) is 10.0. The molecule has 0 fully saturated rings. The van der Waals surface area contributed by atoms with Gasteiger partial charge in [0.05, 0.1) is 5.41 Å². The van der Waals surface area contributed by atoms with Crippen molar-refractivity contribution in [3.63, 3.8) is 0 Å². The van der Waals surface area contributed by atoms with Crippen LogP contribution in [0.2, 0.25) is 0 Å². The Morgan fingerprint density at radius 1 is 1.08 bits per heavy atom. The van der Waals surface area contributed by atoms with E-state index < -0.39 is 11.4 Å². The fraction of sp³-hybridized carbons (Fsp3) is 0.524. The van der Waals surface area contributed by atoms with Crippen molar-refractivity contribution in [2.75, 3.05) is 13.2 Å². The van der Waals surface area contributed by atoms with E-state index >= 15 is 0 Å². The molecule has 1 aromatic carbocycles. The Hall–Kier alpha value is -2.10. The van der Waals surface area contributed by atoms with Crippen molar-refractivity contribution in [3.8, 4) is 0 Å². The summed E-state index contributed by atoms with van der Waals surface area (Å²) in [5, 5.41) is 0. The standard InChI is InChI=1S/C21H30O4/c1-6-21(4,5)20(23)25-14-13-24-19(22)12-11-17-7-9-18(10-8-17)15-16(2)3/h7-12,16H,6,13-15H2,1-5H3/b12-11+. The van der Waals surface area contributed by atoms with Gasteiger partial charge in [0.2, 0.25) is 0 Å². The van der Waals surface area contributed by atoms with Gasteiger partial charge in [-0.3, -0.25) is 4.79 Å². The molecule has 0 aliphatic rings. The fourth-order valence-corrected chi connectivity index (χ4v) is 2.06. The summed E-state index contributed by atoms with van der Waals surface area (Å²) in [6.45, 7) is 10.1. The molecule has 0 aromatic heterocycles. The van der Waals surface area contributed by atoms with E-state index in [2.05, 4.69) is 26.0 Å². The lowest BCUT2D eigenvalue weighted by Gasteiger charge is -2.20. The maximum atomic E-state index is 11.8. The molecule has 1 rings (SSSR count). The van der Waals surface area contributed by atoms with Gasteiger partial charge in [-0.05, 0) is 49.8 Å². The number of esters is 2. The number of ether oxygens (including phenoxy) is 2. The van der Waals surface area contributed by atoms with Gasteiger partial charge < -0.3 is 9.47 Å². The molecule has 4 heteroatoms. The largest absolute Gasteiger partial charge is 0.462 e. The molecule has 4 nitrogen and oxygen atoms in total. The van der Waals surface area contributed by atoms with Crippen LogP contribution >= 0.6 is 0 Å². The minimum absolute atomic E-state index is 0.0576. The van der Waals surface area contributed by atoms with Crippen molar-refractivity contribution < 1.29 is 19.1 Å². The van der Waals surface area contributed by atoms with Gasteiger partial charge in [0, 0.05) is 6.08 Å². The molecule has 25 heavy (non-hydrogen) atoms. The van der Waals surface area contributed by atoms with Crippen LogP contribution in [0.3, 0.4) is 0 Å². The highest BCUT2D eigenvalue weighted by Gasteiger charge is 2.26. The molecule has 0 unspecified atom stereocenters. The number of hydrogen-bond acceptors (Lipinski definition) is 4. The van der Waals surface area contributed by atoms with Gasteiger partial charge in [0.25, 0.3) is 0 Å². The van der Waals surface area contributed by atoms with Gasteiger partial charge in [0.15, 0.2) is 0 Å². The fourth-order valence-electron chi connectivity index (χ4n) is 2.06. The smallest absolute Gasteiger partial charge is 0.330 e. The highest BCUT2D eigenvalue weighted by molar-refractivity contribution is 5.87. The molecule has 0 atom stereocenters. The molecule has 0 bridgehead atoms. The van der Waals surface area contributed by atoms with Crippen molar-refractivity contribution in [2.45, 2.75) is 47.5 Å². The Morgan fingerprint density at radius 2 is 1.68 bits per heavy atom. The van der Waals surface area contributed by atoms with Crippen molar-refractivity contribution in [3.05, 3.63) is 41.5 Å². The van der Waals surface area contributed by atoms with E-state index in [0.717, 1.165) is 12.0 Å². The summed E-state index contributed by atoms with van der Waals surface area (Å²) in [6.07, 6.45) is 4.84. The second-order valence-electron chi connectivity index (χ2n) is 7.21. The van der Waals surface area contributed by atoms with Gasteiger partial charge in [-0.1, -0.05) is 45.0 Å². The van der Waals surface area contributed by atoms with Gasteiger partial charge in [-0.25, -0.2) is 4.79 Å². The predicted octanol–water partition coefficient (Wildman–Crippen LogP) is 4.42. The average molecular weight is 346 g/mol. The van der Waals surface area contributed by atoms with E-state index in [1.54, 1.807) is 6.08 Å². The van der Waals surface area contributed by atoms with Crippen LogP contribution in [0, 0.1) is 11.3 Å². The Morgan fingerprint density at radius 3 is 2.24 bits per heavy atom. The molecule has 0 aliphatic heterocycles. The third-order valence-electron chi connectivity index (χ3n) is 4.03. The van der Waals surface area contributed by atoms with E-state index in [9.17, 15) is 9.59 Å². The summed E-state index contributed by atoms with van der Waals surface area (Å²) < 4.78 is 10.1. The first-order valence-electron chi connectivity index (χ1n) is 8.85. The highest BCUT2D eigenvalue weighted by atomic mass is 16.6. The molecular formula is C21H30O4. The second-order valence-corrected chi connectivity index (χ2v) is 7.21. The van der Waals surface area contributed by atoms with Gasteiger partial charge in [-0.15, -0.1) is 0 Å². The number of carbonyl (C=O) groups is 2. The summed E-state index contributed by atoms with van der Waals surface area (Å²) in [5.74, 6) is -0.103. The normalized spacial score (nSPS) is 11.8. The van der Waals surface area contributed by atoms with E-state index in [1.807, 2.05) is 32.9 Å². The third-order valence-corrected chi connectivity index (χ3v) is 4.03. The van der Waals surface area contributed by atoms with Crippen molar-refractivity contribution >= 4 is 18.0 Å². The van der Waals surface area contributed by atoms with E-state index in [1.165, 1.54) is 11.6 Å². The lowest BCUT2D eigenvalue weighted by atomic mass is 9.91. The highest BCUT2D eigenvalue weighted by Crippen LogP contribution is 2.21. The van der Waals surface area contributed by atoms with Crippen LogP contribution in [0.4, 0.5) is 0 Å². The SMILES string of the molecule is CCC(C)(C)C(=O)OCCOC(=O)/C=C/c1ccc(CC(C)C)cc1. The Balaban J connectivity index is 2.34. The van der Waals surface area contributed by atoms with Crippen LogP contribution in [-0.4, -0.2) is 25.2 Å². The molecule has 0 spiro atoms. The van der Waals surface area contributed by atoms with Gasteiger partial charge in [0.1, 0.15) is 13.2 Å². The molecule has 138 valence electrons. The van der Waals surface area contributed by atoms with Crippen LogP contribution < -0.4 is 0 Å². The topological polar surface area (TPSA) is 52.6 Å². The number of carbonyl (C=O) groups excluding carboxylic acids is 2. The maximum Gasteiger partial charge on any atom is 0.330 e. The van der Waals surface area contributed by atoms with Crippen LogP contribution in [0.1, 0.15) is 52.2 Å². The quantitative estimate of drug-likeness (QED) is 0.377. The summed E-state index contributed by atoms with van der Waals surface area (Å²) in [7, 11) is 0. The summed E-state index contributed by atoms with van der Waals surface area (Å²) >= 11 is 0. The van der Waals surface area contributed by atoms with Crippen LogP contribution in [0.25, 0.3) is 6.08 Å². The van der Waals surface area contributed by atoms with Gasteiger partial charge >= 0.3 is 11.9 Å². The van der Waals surface area contributed by atoms with E-state index in [4.69, 9.17) is 9.47 Å². The molecule has 0 saturated carbocycles. The van der Waals surface area contributed by atoms with Gasteiger partial charge in [-0.2, -0.15) is 0 Å². The minimum atomic E-state index is -0.508. The zero-order valence-corrected chi connectivity index (χ0v) is 16.0. The molecule has 0 heterocycles. The predicted molar refractivity (Wildman–Crippen MR) is 100 cm³/mol. The minimum Gasteiger partial charge on any atom is -0.462 e. The maximum absolute atomic E-state index is 11.8. The molecule has 0 N–H and O–H groups in total. The molecular weight excluding hydrogens is 316 g/mol. The molecule has 0 aliphatic carbocycles. The molecule has 0 radical (unpaired) electrons. The first-order chi connectivity index (χ1) is 11.7. The monoisotopic (exact) mass is 346 g/mol. The summed E-state index contributed by atoms with van der Waals surface area (Å²) in [5.41, 5.74) is 1.72. The zero-order chi connectivity index (χ0) is 18.9.